The van der Waals surface area contributed by atoms with E-state index in [0.29, 0.717) is 12.6 Å². The normalized spacial score (nSPS) is 21.8. The molecule has 2 fully saturated rings. The number of imidazole rings is 1. The molecule has 0 aromatic carbocycles. The van der Waals surface area contributed by atoms with E-state index in [1.165, 1.54) is 49.9 Å². The molecule has 134 valence electrons. The largest absolute Gasteiger partial charge is 0.350 e. The molecule has 1 N–H and O–H groups in total. The zero-order chi connectivity index (χ0) is 17.1. The Bertz CT molecular complexity index is 690. The van der Waals surface area contributed by atoms with E-state index in [2.05, 4.69) is 21.3 Å². The van der Waals surface area contributed by atoms with Gasteiger partial charge in [-0.3, -0.25) is 9.69 Å². The maximum absolute atomic E-state index is 12.4. The second kappa shape index (κ2) is 7.70. The van der Waals surface area contributed by atoms with Gasteiger partial charge in [0.05, 0.1) is 11.2 Å². The van der Waals surface area contributed by atoms with Crippen LogP contribution in [0.15, 0.2) is 30.9 Å². The van der Waals surface area contributed by atoms with Crippen LogP contribution >= 0.6 is 11.3 Å². The van der Waals surface area contributed by atoms with Crippen LogP contribution in [-0.4, -0.2) is 39.5 Å². The molecule has 2 aliphatic rings. The summed E-state index contributed by atoms with van der Waals surface area (Å²) in [5, 5.41) is 3.02. The van der Waals surface area contributed by atoms with Crippen molar-refractivity contribution in [2.45, 2.75) is 57.2 Å². The van der Waals surface area contributed by atoms with Crippen LogP contribution in [0, 0.1) is 0 Å². The number of hydrogen-bond acceptors (Lipinski definition) is 4. The zero-order valence-corrected chi connectivity index (χ0v) is 15.4. The maximum atomic E-state index is 12.4. The summed E-state index contributed by atoms with van der Waals surface area (Å²) in [4.78, 5) is 21.3. The van der Waals surface area contributed by atoms with Crippen LogP contribution < -0.4 is 5.32 Å². The molecule has 1 aliphatic carbocycles. The first kappa shape index (κ1) is 16.8. The molecule has 0 bridgehead atoms. The summed E-state index contributed by atoms with van der Waals surface area (Å²) in [6.45, 7) is 2.60. The van der Waals surface area contributed by atoms with Crippen molar-refractivity contribution in [2.24, 2.45) is 0 Å². The van der Waals surface area contributed by atoms with E-state index >= 15 is 0 Å². The highest BCUT2D eigenvalue weighted by Crippen LogP contribution is 2.40. The minimum absolute atomic E-state index is 0.0433. The summed E-state index contributed by atoms with van der Waals surface area (Å²) in [6, 6.07) is 5.47. The number of thiophene rings is 1. The molecule has 0 spiro atoms. The highest BCUT2D eigenvalue weighted by molar-refractivity contribution is 7.14. The van der Waals surface area contributed by atoms with Gasteiger partial charge in [0.25, 0.3) is 5.91 Å². The molecule has 5 nitrogen and oxygen atoms in total. The Labute approximate surface area is 153 Å². The van der Waals surface area contributed by atoms with Crippen molar-refractivity contribution < 1.29 is 4.79 Å². The van der Waals surface area contributed by atoms with Gasteiger partial charge in [0, 0.05) is 42.4 Å². The molecule has 25 heavy (non-hydrogen) atoms. The van der Waals surface area contributed by atoms with Crippen LogP contribution in [0.4, 0.5) is 0 Å². The van der Waals surface area contributed by atoms with E-state index in [1.807, 2.05) is 16.8 Å². The fourth-order valence-electron chi connectivity index (χ4n) is 4.23. The lowest BCUT2D eigenvalue weighted by Crippen LogP contribution is -2.32. The number of nitrogens with one attached hydrogen (secondary N) is 1. The SMILES string of the molecule is O=C(NCCn1ccnc1)c1ccc(C2CCCN2C2CCCC2)s1. The first-order chi connectivity index (χ1) is 12.3. The molecule has 0 radical (unpaired) electrons. The van der Waals surface area contributed by atoms with Gasteiger partial charge in [-0.25, -0.2) is 4.98 Å². The van der Waals surface area contributed by atoms with Gasteiger partial charge < -0.3 is 9.88 Å². The van der Waals surface area contributed by atoms with Crippen LogP contribution in [-0.2, 0) is 6.54 Å². The number of rotatable bonds is 6. The van der Waals surface area contributed by atoms with Crippen LogP contribution in [0.25, 0.3) is 0 Å². The molecular weight excluding hydrogens is 332 g/mol. The third-order valence-electron chi connectivity index (χ3n) is 5.48. The maximum Gasteiger partial charge on any atom is 0.261 e. The highest BCUT2D eigenvalue weighted by Gasteiger charge is 2.34. The van der Waals surface area contributed by atoms with Gasteiger partial charge in [-0.15, -0.1) is 11.3 Å². The van der Waals surface area contributed by atoms with Crippen molar-refractivity contribution in [2.75, 3.05) is 13.1 Å². The minimum atomic E-state index is 0.0433. The van der Waals surface area contributed by atoms with Crippen LogP contribution in [0.2, 0.25) is 0 Å². The van der Waals surface area contributed by atoms with Crippen molar-refractivity contribution >= 4 is 17.2 Å². The van der Waals surface area contributed by atoms with Gasteiger partial charge >= 0.3 is 0 Å². The number of likely N-dealkylation sites (tertiary alicyclic amines) is 1. The third-order valence-corrected chi connectivity index (χ3v) is 6.67. The zero-order valence-electron chi connectivity index (χ0n) is 14.6. The van der Waals surface area contributed by atoms with Gasteiger partial charge in [-0.05, 0) is 44.4 Å². The van der Waals surface area contributed by atoms with Crippen molar-refractivity contribution in [1.29, 1.82) is 0 Å². The highest BCUT2D eigenvalue weighted by atomic mass is 32.1. The summed E-state index contributed by atoms with van der Waals surface area (Å²) >= 11 is 1.68. The first-order valence-corrected chi connectivity index (χ1v) is 10.2. The summed E-state index contributed by atoms with van der Waals surface area (Å²) < 4.78 is 1.97. The third kappa shape index (κ3) is 3.80. The molecule has 1 saturated carbocycles. The van der Waals surface area contributed by atoms with Crippen LogP contribution in [0.5, 0.6) is 0 Å². The fraction of sp³-hybridized carbons (Fsp3) is 0.579. The Morgan fingerprint density at radius 3 is 2.92 bits per heavy atom. The number of nitrogens with zero attached hydrogens (tertiary/aromatic N) is 3. The Kier molecular flexibility index (Phi) is 5.17. The lowest BCUT2D eigenvalue weighted by molar-refractivity contribution is 0.0956. The predicted molar refractivity (Wildman–Crippen MR) is 99.8 cm³/mol. The summed E-state index contributed by atoms with van der Waals surface area (Å²) in [6.07, 6.45) is 13.4. The average molecular weight is 359 g/mol. The van der Waals surface area contributed by atoms with Crippen LogP contribution in [0.1, 0.15) is 59.1 Å². The monoisotopic (exact) mass is 358 g/mol. The molecule has 1 amide bonds. The number of aromatic nitrogens is 2. The Hall–Kier alpha value is -1.66. The van der Waals surface area contributed by atoms with E-state index in [1.54, 1.807) is 23.9 Å². The molecule has 1 atom stereocenters. The molecule has 3 heterocycles. The second-order valence-corrected chi connectivity index (χ2v) is 8.21. The van der Waals surface area contributed by atoms with Crippen molar-refractivity contribution in [3.63, 3.8) is 0 Å². The van der Waals surface area contributed by atoms with Crippen molar-refractivity contribution in [3.05, 3.63) is 40.6 Å². The van der Waals surface area contributed by atoms with E-state index in [-0.39, 0.29) is 5.91 Å². The molecule has 6 heteroatoms. The number of carbonyl (C=O) groups is 1. The molecule has 2 aromatic rings. The second-order valence-electron chi connectivity index (χ2n) is 7.09. The smallest absolute Gasteiger partial charge is 0.261 e. The Morgan fingerprint density at radius 1 is 1.24 bits per heavy atom. The van der Waals surface area contributed by atoms with Crippen molar-refractivity contribution in [1.82, 2.24) is 19.8 Å². The standard InChI is InChI=1S/C19H26N4OS/c24-19(21-10-13-22-12-9-20-14-22)18-8-7-17(25-18)16-6-3-11-23(16)15-4-1-2-5-15/h7-9,12,14-16H,1-6,10-11,13H2,(H,21,24). The van der Waals surface area contributed by atoms with Gasteiger partial charge in [-0.1, -0.05) is 12.8 Å². The van der Waals surface area contributed by atoms with Gasteiger partial charge in [0.2, 0.25) is 0 Å². The van der Waals surface area contributed by atoms with E-state index in [4.69, 9.17) is 0 Å². The van der Waals surface area contributed by atoms with E-state index in [9.17, 15) is 4.79 Å². The topological polar surface area (TPSA) is 50.2 Å². The Balaban J connectivity index is 1.35. The van der Waals surface area contributed by atoms with Gasteiger partial charge in [-0.2, -0.15) is 0 Å². The fourth-order valence-corrected chi connectivity index (χ4v) is 5.31. The molecule has 2 aromatic heterocycles. The lowest BCUT2D eigenvalue weighted by Gasteiger charge is -2.29. The minimum Gasteiger partial charge on any atom is -0.350 e. The number of amides is 1. The first-order valence-electron chi connectivity index (χ1n) is 9.41. The predicted octanol–water partition coefficient (Wildman–Crippen LogP) is 3.45. The molecule has 1 aliphatic heterocycles. The number of carbonyl (C=O) groups excluding carboxylic acids is 1. The summed E-state index contributed by atoms with van der Waals surface area (Å²) in [5.41, 5.74) is 0. The van der Waals surface area contributed by atoms with Gasteiger partial charge in [0.1, 0.15) is 0 Å². The lowest BCUT2D eigenvalue weighted by atomic mass is 10.1. The van der Waals surface area contributed by atoms with Crippen LogP contribution in [0.3, 0.4) is 0 Å². The van der Waals surface area contributed by atoms with E-state index < -0.39 is 0 Å². The molecular formula is C19H26N4OS. The summed E-state index contributed by atoms with van der Waals surface area (Å²) in [7, 11) is 0. The molecule has 1 saturated heterocycles. The Morgan fingerprint density at radius 2 is 2.12 bits per heavy atom. The molecule has 1 unspecified atom stereocenters. The molecule has 4 rings (SSSR count). The quantitative estimate of drug-likeness (QED) is 0.860. The van der Waals surface area contributed by atoms with Crippen molar-refractivity contribution in [3.8, 4) is 0 Å². The van der Waals surface area contributed by atoms with Gasteiger partial charge in [0.15, 0.2) is 0 Å². The summed E-state index contributed by atoms with van der Waals surface area (Å²) in [5.74, 6) is 0.0433. The average Bonchev–Trinajstić information content (AvgIpc) is 3.41. The van der Waals surface area contributed by atoms with E-state index in [0.717, 1.165) is 17.5 Å². The number of hydrogen-bond donors (Lipinski definition) is 1.